The molecule has 0 aliphatic carbocycles. The maximum Gasteiger partial charge on any atom is 0.240 e. The first kappa shape index (κ1) is 20.6. The lowest BCUT2D eigenvalue weighted by molar-refractivity contribution is 0.415. The largest absolute Gasteiger partial charge is 0.497 e. The van der Waals surface area contributed by atoms with Crippen molar-refractivity contribution >= 4 is 27.5 Å². The highest BCUT2D eigenvalue weighted by Gasteiger charge is 2.12. The zero-order chi connectivity index (χ0) is 20.7. The van der Waals surface area contributed by atoms with E-state index in [1.165, 1.54) is 0 Å². The number of nitrogens with zero attached hydrogens (tertiary/aromatic N) is 2. The fraction of sp³-hybridized carbons (Fsp3) is 0.200. The Morgan fingerprint density at radius 2 is 1.69 bits per heavy atom. The van der Waals surface area contributed by atoms with Crippen LogP contribution in [-0.4, -0.2) is 38.6 Å². The highest BCUT2D eigenvalue weighted by Crippen LogP contribution is 2.19. The van der Waals surface area contributed by atoms with E-state index >= 15 is 0 Å². The molecule has 0 amide bonds. The second-order valence-electron chi connectivity index (χ2n) is 6.21. The molecule has 29 heavy (non-hydrogen) atoms. The first-order valence-electron chi connectivity index (χ1n) is 9.01. The summed E-state index contributed by atoms with van der Waals surface area (Å²) in [7, 11) is -1.91. The summed E-state index contributed by atoms with van der Waals surface area (Å²) in [5.74, 6) is 1.82. The average molecular weight is 414 g/mol. The standard InChI is InChI=1S/C20H23N5O3S/c1-15-14-19(24-16-8-10-17(28-2)11-9-16)25-20(23-15)21-12-13-22-29(26,27)18-6-4-3-5-7-18/h3-11,14,22H,12-13H2,1-2H3,(H2,21,23,24,25). The quantitative estimate of drug-likeness (QED) is 0.463. The van der Waals surface area contributed by atoms with Crippen molar-refractivity contribution in [2.75, 3.05) is 30.8 Å². The Hall–Kier alpha value is -3.17. The van der Waals surface area contributed by atoms with Gasteiger partial charge in [0.05, 0.1) is 12.0 Å². The molecule has 0 radical (unpaired) electrons. The van der Waals surface area contributed by atoms with Gasteiger partial charge in [-0.1, -0.05) is 18.2 Å². The summed E-state index contributed by atoms with van der Waals surface area (Å²) in [5.41, 5.74) is 1.65. The van der Waals surface area contributed by atoms with E-state index in [2.05, 4.69) is 25.3 Å². The summed E-state index contributed by atoms with van der Waals surface area (Å²) >= 11 is 0. The minimum atomic E-state index is -3.53. The van der Waals surface area contributed by atoms with E-state index in [0.29, 0.717) is 18.3 Å². The molecule has 0 aliphatic heterocycles. The third-order valence-electron chi connectivity index (χ3n) is 3.97. The molecule has 3 aromatic rings. The fourth-order valence-electron chi connectivity index (χ4n) is 2.58. The van der Waals surface area contributed by atoms with Crippen LogP contribution in [0.15, 0.2) is 65.6 Å². The molecule has 3 rings (SSSR count). The van der Waals surface area contributed by atoms with Crippen LogP contribution in [0.4, 0.5) is 17.5 Å². The molecule has 9 heteroatoms. The highest BCUT2D eigenvalue weighted by molar-refractivity contribution is 7.89. The molecule has 0 atom stereocenters. The molecule has 0 saturated carbocycles. The number of methoxy groups -OCH3 is 1. The number of hydrogen-bond acceptors (Lipinski definition) is 7. The third-order valence-corrected chi connectivity index (χ3v) is 5.45. The van der Waals surface area contributed by atoms with Crippen molar-refractivity contribution in [3.63, 3.8) is 0 Å². The molecule has 1 heterocycles. The summed E-state index contributed by atoms with van der Waals surface area (Å²) < 4.78 is 32.1. The monoisotopic (exact) mass is 413 g/mol. The van der Waals surface area contributed by atoms with Crippen LogP contribution in [0.1, 0.15) is 5.69 Å². The number of ether oxygens (including phenoxy) is 1. The van der Waals surface area contributed by atoms with Gasteiger partial charge in [0.25, 0.3) is 0 Å². The summed E-state index contributed by atoms with van der Waals surface area (Å²) in [6, 6.07) is 17.6. The van der Waals surface area contributed by atoms with Gasteiger partial charge < -0.3 is 15.4 Å². The van der Waals surface area contributed by atoms with Crippen LogP contribution in [0.3, 0.4) is 0 Å². The third kappa shape index (κ3) is 5.90. The minimum Gasteiger partial charge on any atom is -0.497 e. The van der Waals surface area contributed by atoms with Gasteiger partial charge in [0.2, 0.25) is 16.0 Å². The van der Waals surface area contributed by atoms with Gasteiger partial charge in [-0.2, -0.15) is 4.98 Å². The van der Waals surface area contributed by atoms with Gasteiger partial charge in [0.15, 0.2) is 0 Å². The van der Waals surface area contributed by atoms with Crippen LogP contribution in [0.5, 0.6) is 5.75 Å². The zero-order valence-corrected chi connectivity index (χ0v) is 17.0. The Bertz CT molecular complexity index is 1040. The van der Waals surface area contributed by atoms with Crippen molar-refractivity contribution in [3.05, 3.63) is 66.4 Å². The molecule has 0 unspecified atom stereocenters. The second-order valence-corrected chi connectivity index (χ2v) is 7.98. The molecule has 3 N–H and O–H groups in total. The van der Waals surface area contributed by atoms with Gasteiger partial charge in [0, 0.05) is 30.5 Å². The molecule has 152 valence electrons. The fourth-order valence-corrected chi connectivity index (χ4v) is 3.63. The number of aryl methyl sites for hydroxylation is 1. The van der Waals surface area contributed by atoms with Crippen molar-refractivity contribution in [3.8, 4) is 5.75 Å². The predicted molar refractivity (Wildman–Crippen MR) is 113 cm³/mol. The van der Waals surface area contributed by atoms with Gasteiger partial charge in [-0.3, -0.25) is 0 Å². The minimum absolute atomic E-state index is 0.204. The number of hydrogen-bond donors (Lipinski definition) is 3. The van der Waals surface area contributed by atoms with E-state index in [9.17, 15) is 8.42 Å². The highest BCUT2D eigenvalue weighted by atomic mass is 32.2. The van der Waals surface area contributed by atoms with E-state index in [0.717, 1.165) is 17.1 Å². The van der Waals surface area contributed by atoms with E-state index in [1.54, 1.807) is 37.4 Å². The van der Waals surface area contributed by atoms with Crippen LogP contribution in [-0.2, 0) is 10.0 Å². The SMILES string of the molecule is COc1ccc(Nc2cc(C)nc(NCCNS(=O)(=O)c3ccccc3)n2)cc1. The Morgan fingerprint density at radius 1 is 0.966 bits per heavy atom. The van der Waals surface area contributed by atoms with Crippen molar-refractivity contribution in [1.29, 1.82) is 0 Å². The van der Waals surface area contributed by atoms with E-state index in [-0.39, 0.29) is 11.4 Å². The van der Waals surface area contributed by atoms with Gasteiger partial charge in [-0.25, -0.2) is 18.1 Å². The van der Waals surface area contributed by atoms with Gasteiger partial charge >= 0.3 is 0 Å². The number of aromatic nitrogens is 2. The first-order valence-corrected chi connectivity index (χ1v) is 10.5. The average Bonchev–Trinajstić information content (AvgIpc) is 2.72. The van der Waals surface area contributed by atoms with Crippen molar-refractivity contribution in [2.45, 2.75) is 11.8 Å². The van der Waals surface area contributed by atoms with Gasteiger partial charge in [-0.15, -0.1) is 0 Å². The Balaban J connectivity index is 1.57. The van der Waals surface area contributed by atoms with Crippen LogP contribution >= 0.6 is 0 Å². The van der Waals surface area contributed by atoms with Crippen LogP contribution < -0.4 is 20.1 Å². The molecule has 0 fully saturated rings. The molecular formula is C20H23N5O3S. The van der Waals surface area contributed by atoms with Crippen molar-refractivity contribution < 1.29 is 13.2 Å². The smallest absolute Gasteiger partial charge is 0.240 e. The van der Waals surface area contributed by atoms with Gasteiger partial charge in [-0.05, 0) is 43.3 Å². The van der Waals surface area contributed by atoms with Crippen LogP contribution in [0, 0.1) is 6.92 Å². The first-order chi connectivity index (χ1) is 14.0. The van der Waals surface area contributed by atoms with Crippen LogP contribution in [0.25, 0.3) is 0 Å². The lowest BCUT2D eigenvalue weighted by Crippen LogP contribution is -2.29. The molecular weight excluding hydrogens is 390 g/mol. The molecule has 0 saturated heterocycles. The predicted octanol–water partition coefficient (Wildman–Crippen LogP) is 2.93. The number of rotatable bonds is 9. The number of anilines is 3. The summed E-state index contributed by atoms with van der Waals surface area (Å²) in [6.07, 6.45) is 0. The van der Waals surface area contributed by atoms with Crippen LogP contribution in [0.2, 0.25) is 0 Å². The Morgan fingerprint density at radius 3 is 2.38 bits per heavy atom. The Labute approximate surface area is 170 Å². The molecule has 0 bridgehead atoms. The zero-order valence-electron chi connectivity index (χ0n) is 16.2. The number of benzene rings is 2. The molecule has 1 aromatic heterocycles. The molecule has 8 nitrogen and oxygen atoms in total. The number of sulfonamides is 1. The summed E-state index contributed by atoms with van der Waals surface area (Å²) in [6.45, 7) is 2.41. The maximum absolute atomic E-state index is 12.2. The second kappa shape index (κ2) is 9.35. The van der Waals surface area contributed by atoms with Gasteiger partial charge in [0.1, 0.15) is 11.6 Å². The Kier molecular flexibility index (Phi) is 6.63. The summed E-state index contributed by atoms with van der Waals surface area (Å²) in [4.78, 5) is 8.99. The molecule has 0 spiro atoms. The number of nitrogens with one attached hydrogen (secondary N) is 3. The molecule has 0 aliphatic rings. The lowest BCUT2D eigenvalue weighted by Gasteiger charge is -2.11. The van der Waals surface area contributed by atoms with E-state index in [1.807, 2.05) is 37.3 Å². The van der Waals surface area contributed by atoms with E-state index < -0.39 is 10.0 Å². The maximum atomic E-state index is 12.2. The normalized spacial score (nSPS) is 11.1. The van der Waals surface area contributed by atoms with Crippen molar-refractivity contribution in [2.24, 2.45) is 0 Å². The van der Waals surface area contributed by atoms with Crippen molar-refractivity contribution in [1.82, 2.24) is 14.7 Å². The lowest BCUT2D eigenvalue weighted by atomic mass is 10.3. The topological polar surface area (TPSA) is 105 Å². The summed E-state index contributed by atoms with van der Waals surface area (Å²) in [5, 5.41) is 6.26. The van der Waals surface area contributed by atoms with E-state index in [4.69, 9.17) is 4.74 Å². The molecule has 2 aromatic carbocycles.